The second-order valence-electron chi connectivity index (χ2n) is 2.24. The van der Waals surface area contributed by atoms with Crippen LogP contribution in [0.25, 0.3) is 0 Å². The summed E-state index contributed by atoms with van der Waals surface area (Å²) in [5, 5.41) is 0.412. The lowest BCUT2D eigenvalue weighted by Gasteiger charge is -2.08. The molecule has 72 valence electrons. The van der Waals surface area contributed by atoms with E-state index in [1.54, 1.807) is 0 Å². The Morgan fingerprint density at radius 2 is 2.08 bits per heavy atom. The summed E-state index contributed by atoms with van der Waals surface area (Å²) in [4.78, 5) is 4.10. The fourth-order valence-electron chi connectivity index (χ4n) is 0.855. The molecule has 1 nitrogen and oxygen atoms in total. The van der Waals surface area contributed by atoms with Gasteiger partial charge in [-0.15, -0.1) is 0 Å². The van der Waals surface area contributed by atoms with Gasteiger partial charge in [0.25, 0.3) is 6.43 Å². The maximum atomic E-state index is 12.5. The minimum absolute atomic E-state index is 0.0701. The zero-order valence-corrected chi connectivity index (χ0v) is 12.1. The summed E-state index contributed by atoms with van der Waals surface area (Å²) in [7, 11) is 0. The van der Waals surface area contributed by atoms with E-state index in [2.05, 4.69) is 20.9 Å². The van der Waals surface area contributed by atoms with E-state index in [1.807, 2.05) is 45.2 Å². The summed E-state index contributed by atoms with van der Waals surface area (Å²) < 4.78 is 26.3. The fraction of sp³-hybridized carbons (Fsp3) is 0.286. The molecule has 0 atom stereocenters. The lowest BCUT2D eigenvalue weighted by Crippen LogP contribution is -2.00. The molecular weight excluding hydrogens is 470 g/mol. The SMILES string of the molecule is FC(F)c1cc(I)nc(I)c1CBr. The quantitative estimate of drug-likeness (QED) is 0.358. The van der Waals surface area contributed by atoms with Crippen molar-refractivity contribution in [1.82, 2.24) is 4.98 Å². The van der Waals surface area contributed by atoms with Gasteiger partial charge in [-0.3, -0.25) is 0 Å². The minimum Gasteiger partial charge on any atom is -0.236 e. The van der Waals surface area contributed by atoms with Gasteiger partial charge in [-0.2, -0.15) is 0 Å². The number of hydrogen-bond donors (Lipinski definition) is 0. The molecule has 0 radical (unpaired) electrons. The van der Waals surface area contributed by atoms with Gasteiger partial charge in [0.2, 0.25) is 0 Å². The molecular formula is C7H4BrF2I2N. The highest BCUT2D eigenvalue weighted by atomic mass is 127. The van der Waals surface area contributed by atoms with Gasteiger partial charge in [0.05, 0.1) is 0 Å². The van der Waals surface area contributed by atoms with Crippen LogP contribution >= 0.6 is 61.1 Å². The first-order chi connectivity index (χ1) is 6.06. The number of hydrogen-bond acceptors (Lipinski definition) is 1. The van der Waals surface area contributed by atoms with E-state index in [0.29, 0.717) is 18.3 Å². The van der Waals surface area contributed by atoms with E-state index < -0.39 is 6.43 Å². The molecule has 0 amide bonds. The molecule has 1 rings (SSSR count). The fourth-order valence-corrected chi connectivity index (χ4v) is 3.77. The van der Waals surface area contributed by atoms with Crippen molar-refractivity contribution in [2.45, 2.75) is 11.8 Å². The maximum absolute atomic E-state index is 12.5. The average molecular weight is 474 g/mol. The Morgan fingerprint density at radius 1 is 1.46 bits per heavy atom. The van der Waals surface area contributed by atoms with Crippen LogP contribution in [0.1, 0.15) is 17.6 Å². The summed E-state index contributed by atoms with van der Waals surface area (Å²) >= 11 is 7.07. The molecule has 0 aliphatic heterocycles. The number of halogens is 5. The van der Waals surface area contributed by atoms with E-state index in [4.69, 9.17) is 0 Å². The summed E-state index contributed by atoms with van der Waals surface area (Å²) in [6.07, 6.45) is -2.43. The summed E-state index contributed by atoms with van der Waals surface area (Å²) in [5.74, 6) is 0. The van der Waals surface area contributed by atoms with E-state index in [0.717, 1.165) is 0 Å². The van der Waals surface area contributed by atoms with Crippen LogP contribution in [0.2, 0.25) is 0 Å². The molecule has 1 aromatic heterocycles. The Hall–Kier alpha value is 0.950. The molecule has 6 heteroatoms. The van der Waals surface area contributed by atoms with Crippen LogP contribution < -0.4 is 0 Å². The highest BCUT2D eigenvalue weighted by Gasteiger charge is 2.16. The molecule has 0 saturated heterocycles. The monoisotopic (exact) mass is 473 g/mol. The smallest absolute Gasteiger partial charge is 0.236 e. The molecule has 0 aliphatic rings. The van der Waals surface area contributed by atoms with Crippen LogP contribution in [0.15, 0.2) is 6.07 Å². The zero-order valence-electron chi connectivity index (χ0n) is 6.20. The Bertz CT molecular complexity index is 320. The second kappa shape index (κ2) is 5.15. The lowest BCUT2D eigenvalue weighted by atomic mass is 10.2. The van der Waals surface area contributed by atoms with Crippen LogP contribution in [0.5, 0.6) is 0 Å². The predicted octanol–water partition coefficient (Wildman–Crippen LogP) is 4.12. The Balaban J connectivity index is 3.29. The molecule has 1 heterocycles. The van der Waals surface area contributed by atoms with Crippen molar-refractivity contribution >= 4 is 61.1 Å². The van der Waals surface area contributed by atoms with E-state index in [1.165, 1.54) is 6.07 Å². The third kappa shape index (κ3) is 2.95. The largest absolute Gasteiger partial charge is 0.264 e. The van der Waals surface area contributed by atoms with Crippen molar-refractivity contribution in [2.24, 2.45) is 0 Å². The van der Waals surface area contributed by atoms with Crippen LogP contribution in [-0.4, -0.2) is 4.98 Å². The Labute approximate surface area is 110 Å². The maximum Gasteiger partial charge on any atom is 0.264 e. The van der Waals surface area contributed by atoms with Crippen molar-refractivity contribution < 1.29 is 8.78 Å². The van der Waals surface area contributed by atoms with Gasteiger partial charge in [0.1, 0.15) is 7.40 Å². The van der Waals surface area contributed by atoms with Crippen molar-refractivity contribution in [3.05, 3.63) is 24.6 Å². The van der Waals surface area contributed by atoms with Crippen LogP contribution in [0.3, 0.4) is 0 Å². The summed E-state index contributed by atoms with van der Waals surface area (Å²) in [6, 6.07) is 1.42. The van der Waals surface area contributed by atoms with E-state index in [-0.39, 0.29) is 5.56 Å². The number of aromatic nitrogens is 1. The molecule has 0 fully saturated rings. The minimum atomic E-state index is -2.43. The summed E-state index contributed by atoms with van der Waals surface area (Å²) in [5.41, 5.74) is 0.650. The van der Waals surface area contributed by atoms with Gasteiger partial charge in [-0.25, -0.2) is 13.8 Å². The molecule has 0 aromatic carbocycles. The molecule has 0 saturated carbocycles. The predicted molar refractivity (Wildman–Crippen MR) is 67.3 cm³/mol. The number of alkyl halides is 3. The van der Waals surface area contributed by atoms with Gasteiger partial charge in [-0.1, -0.05) is 15.9 Å². The standard InChI is InChI=1S/C7H4BrF2I2N/c8-2-4-3(6(9)10)1-5(11)13-7(4)12/h1,6H,2H2. The van der Waals surface area contributed by atoms with Gasteiger partial charge in [0, 0.05) is 16.5 Å². The van der Waals surface area contributed by atoms with Gasteiger partial charge < -0.3 is 0 Å². The molecule has 0 unspecified atom stereocenters. The first-order valence-electron chi connectivity index (χ1n) is 3.25. The molecule has 0 bridgehead atoms. The van der Waals surface area contributed by atoms with Crippen molar-refractivity contribution in [1.29, 1.82) is 0 Å². The lowest BCUT2D eigenvalue weighted by molar-refractivity contribution is 0.150. The van der Waals surface area contributed by atoms with E-state index >= 15 is 0 Å². The Morgan fingerprint density at radius 3 is 2.54 bits per heavy atom. The number of pyridine rings is 1. The van der Waals surface area contributed by atoms with Gasteiger partial charge in [-0.05, 0) is 51.2 Å². The van der Waals surface area contributed by atoms with Crippen molar-refractivity contribution in [3.8, 4) is 0 Å². The third-order valence-electron chi connectivity index (χ3n) is 1.45. The normalized spacial score (nSPS) is 10.9. The average Bonchev–Trinajstić information content (AvgIpc) is 2.02. The molecule has 13 heavy (non-hydrogen) atoms. The van der Waals surface area contributed by atoms with Crippen molar-refractivity contribution in [3.63, 3.8) is 0 Å². The van der Waals surface area contributed by atoms with Crippen LogP contribution in [-0.2, 0) is 5.33 Å². The first kappa shape index (κ1) is 12.0. The zero-order chi connectivity index (χ0) is 10.0. The van der Waals surface area contributed by atoms with Crippen LogP contribution in [0, 0.1) is 7.40 Å². The van der Waals surface area contributed by atoms with Crippen molar-refractivity contribution in [2.75, 3.05) is 0 Å². The second-order valence-corrected chi connectivity index (χ2v) is 4.93. The van der Waals surface area contributed by atoms with Gasteiger partial charge >= 0.3 is 0 Å². The number of nitrogens with zero attached hydrogens (tertiary/aromatic N) is 1. The number of rotatable bonds is 2. The molecule has 0 N–H and O–H groups in total. The van der Waals surface area contributed by atoms with Crippen LogP contribution in [0.4, 0.5) is 8.78 Å². The third-order valence-corrected chi connectivity index (χ3v) is 3.45. The Kier molecular flexibility index (Phi) is 4.76. The molecule has 1 aromatic rings. The topological polar surface area (TPSA) is 12.9 Å². The molecule has 0 spiro atoms. The van der Waals surface area contributed by atoms with Gasteiger partial charge in [0.15, 0.2) is 0 Å². The van der Waals surface area contributed by atoms with E-state index in [9.17, 15) is 8.78 Å². The highest BCUT2D eigenvalue weighted by molar-refractivity contribution is 14.1. The highest BCUT2D eigenvalue weighted by Crippen LogP contribution is 2.28. The summed E-state index contributed by atoms with van der Waals surface area (Å²) in [6.45, 7) is 0. The molecule has 0 aliphatic carbocycles. The first-order valence-corrected chi connectivity index (χ1v) is 6.53.